The minimum Gasteiger partial charge on any atom is -0.361 e. The number of H-pyrrole nitrogens is 1. The van der Waals surface area contributed by atoms with E-state index in [2.05, 4.69) is 10.3 Å². The average molecular weight is 396 g/mol. The van der Waals surface area contributed by atoms with Crippen LogP contribution in [0.3, 0.4) is 0 Å². The van der Waals surface area contributed by atoms with Gasteiger partial charge in [0.2, 0.25) is 11.8 Å². The third kappa shape index (κ3) is 3.76. The number of halogens is 1. The highest BCUT2D eigenvalue weighted by Gasteiger charge is 2.34. The number of carbonyl (C=O) groups excluding carboxylic acids is 2. The van der Waals surface area contributed by atoms with Gasteiger partial charge in [-0.3, -0.25) is 9.59 Å². The number of nitrogens with zero attached hydrogens (tertiary/aromatic N) is 1. The van der Waals surface area contributed by atoms with Crippen LogP contribution in [0.25, 0.3) is 10.9 Å². The summed E-state index contributed by atoms with van der Waals surface area (Å²) in [6, 6.07) is 13.4. The van der Waals surface area contributed by atoms with E-state index in [1.807, 2.05) is 55.6 Å². The lowest BCUT2D eigenvalue weighted by atomic mass is 10.1. The first-order chi connectivity index (χ1) is 13.5. The van der Waals surface area contributed by atoms with Crippen molar-refractivity contribution in [1.82, 2.24) is 9.88 Å². The second-order valence-corrected chi connectivity index (χ2v) is 7.74. The normalized spacial score (nSPS) is 16.7. The maximum Gasteiger partial charge on any atom is 0.229 e. The number of hydrogen-bond acceptors (Lipinski definition) is 2. The third-order valence-electron chi connectivity index (χ3n) is 5.37. The zero-order chi connectivity index (χ0) is 19.7. The molecule has 1 fully saturated rings. The van der Waals surface area contributed by atoms with Crippen molar-refractivity contribution in [2.75, 3.05) is 18.4 Å². The van der Waals surface area contributed by atoms with Gasteiger partial charge in [-0.15, -0.1) is 0 Å². The third-order valence-corrected chi connectivity index (χ3v) is 5.60. The molecule has 0 saturated carbocycles. The minimum atomic E-state index is -0.315. The molecule has 2 N–H and O–H groups in total. The molecule has 0 radical (unpaired) electrons. The number of amides is 2. The fraction of sp³-hybridized carbons (Fsp3) is 0.273. The van der Waals surface area contributed by atoms with Crippen molar-refractivity contribution in [3.63, 3.8) is 0 Å². The first-order valence-electron chi connectivity index (χ1n) is 9.41. The quantitative estimate of drug-likeness (QED) is 0.681. The van der Waals surface area contributed by atoms with Gasteiger partial charge in [-0.1, -0.05) is 29.8 Å². The predicted molar refractivity (Wildman–Crippen MR) is 112 cm³/mol. The molecular formula is C22H22ClN3O2. The summed E-state index contributed by atoms with van der Waals surface area (Å²) >= 11 is 6.11. The van der Waals surface area contributed by atoms with E-state index in [1.165, 1.54) is 0 Å². The second-order valence-electron chi connectivity index (χ2n) is 7.30. The van der Waals surface area contributed by atoms with Crippen molar-refractivity contribution in [3.05, 3.63) is 64.8 Å². The lowest BCUT2D eigenvalue weighted by Gasteiger charge is -2.16. The zero-order valence-electron chi connectivity index (χ0n) is 15.7. The van der Waals surface area contributed by atoms with Gasteiger partial charge in [0.05, 0.1) is 5.92 Å². The van der Waals surface area contributed by atoms with Gasteiger partial charge in [-0.05, 0) is 48.7 Å². The summed E-state index contributed by atoms with van der Waals surface area (Å²) in [5, 5.41) is 4.73. The number of rotatable bonds is 5. The molecule has 0 bridgehead atoms. The van der Waals surface area contributed by atoms with Crippen molar-refractivity contribution in [1.29, 1.82) is 0 Å². The van der Waals surface area contributed by atoms with Crippen LogP contribution >= 0.6 is 11.6 Å². The van der Waals surface area contributed by atoms with Crippen LogP contribution in [-0.2, 0) is 16.0 Å². The highest BCUT2D eigenvalue weighted by molar-refractivity contribution is 6.31. The maximum atomic E-state index is 12.6. The maximum absolute atomic E-state index is 12.6. The summed E-state index contributed by atoms with van der Waals surface area (Å²) in [5.74, 6) is -0.378. The molecule has 1 atom stereocenters. The van der Waals surface area contributed by atoms with E-state index in [9.17, 15) is 9.59 Å². The summed E-state index contributed by atoms with van der Waals surface area (Å²) in [6.45, 7) is 3.00. The largest absolute Gasteiger partial charge is 0.361 e. The van der Waals surface area contributed by atoms with Crippen molar-refractivity contribution in [2.45, 2.75) is 19.8 Å². The number of anilines is 1. The van der Waals surface area contributed by atoms with Gasteiger partial charge in [-0.2, -0.15) is 0 Å². The molecule has 1 aliphatic heterocycles. The summed E-state index contributed by atoms with van der Waals surface area (Å²) in [7, 11) is 0. The number of hydrogen-bond donors (Lipinski definition) is 2. The van der Waals surface area contributed by atoms with Gasteiger partial charge in [0.15, 0.2) is 0 Å². The Morgan fingerprint density at radius 2 is 2.11 bits per heavy atom. The van der Waals surface area contributed by atoms with Crippen LogP contribution in [0.4, 0.5) is 5.69 Å². The molecule has 144 valence electrons. The number of carbonyl (C=O) groups is 2. The number of fused-ring (bicyclic) bond motifs is 1. The monoisotopic (exact) mass is 395 g/mol. The topological polar surface area (TPSA) is 65.2 Å². The summed E-state index contributed by atoms with van der Waals surface area (Å²) in [4.78, 5) is 30.0. The molecular weight excluding hydrogens is 374 g/mol. The molecule has 1 aromatic heterocycles. The molecule has 0 spiro atoms. The number of nitrogens with one attached hydrogen (secondary N) is 2. The number of para-hydroxylation sites is 1. The Bertz CT molecular complexity index is 1040. The molecule has 2 heterocycles. The SMILES string of the molecule is Cc1ccccc1NC(=O)C1CC(=O)N(CCc2c[nH]c3ccc(Cl)cc23)C1. The lowest BCUT2D eigenvalue weighted by Crippen LogP contribution is -2.30. The first-order valence-corrected chi connectivity index (χ1v) is 9.79. The van der Waals surface area contributed by atoms with Crippen LogP contribution in [-0.4, -0.2) is 34.8 Å². The van der Waals surface area contributed by atoms with Crippen LogP contribution in [0.15, 0.2) is 48.7 Å². The highest BCUT2D eigenvalue weighted by Crippen LogP contribution is 2.25. The molecule has 3 aromatic rings. The van der Waals surface area contributed by atoms with Crippen LogP contribution in [0.5, 0.6) is 0 Å². The standard InChI is InChI=1S/C22H22ClN3O2/c1-14-4-2-3-5-19(14)25-22(28)16-10-21(27)26(13-16)9-8-15-12-24-20-7-6-17(23)11-18(15)20/h2-7,11-12,16,24H,8-10,13H2,1H3,(H,25,28). The predicted octanol–water partition coefficient (Wildman–Crippen LogP) is 4.16. The number of aromatic nitrogens is 1. The van der Waals surface area contributed by atoms with Gasteiger partial charge < -0.3 is 15.2 Å². The molecule has 1 unspecified atom stereocenters. The minimum absolute atomic E-state index is 0.0304. The fourth-order valence-corrected chi connectivity index (χ4v) is 3.90. The number of aromatic amines is 1. The average Bonchev–Trinajstić information content (AvgIpc) is 3.25. The van der Waals surface area contributed by atoms with E-state index in [1.54, 1.807) is 4.90 Å². The van der Waals surface area contributed by atoms with Gasteiger partial charge >= 0.3 is 0 Å². The molecule has 28 heavy (non-hydrogen) atoms. The molecule has 4 rings (SSSR count). The van der Waals surface area contributed by atoms with Crippen LogP contribution in [0, 0.1) is 12.8 Å². The van der Waals surface area contributed by atoms with Gasteiger partial charge in [0.1, 0.15) is 0 Å². The Labute approximate surface area is 168 Å². The zero-order valence-corrected chi connectivity index (χ0v) is 16.4. The molecule has 0 aliphatic carbocycles. The van der Waals surface area contributed by atoms with E-state index in [-0.39, 0.29) is 24.2 Å². The molecule has 5 nitrogen and oxygen atoms in total. The Hall–Kier alpha value is -2.79. The van der Waals surface area contributed by atoms with Crippen molar-refractivity contribution in [2.24, 2.45) is 5.92 Å². The van der Waals surface area contributed by atoms with Gasteiger partial charge in [0, 0.05) is 47.3 Å². The molecule has 6 heteroatoms. The van der Waals surface area contributed by atoms with E-state index >= 15 is 0 Å². The van der Waals surface area contributed by atoms with Crippen molar-refractivity contribution < 1.29 is 9.59 Å². The van der Waals surface area contributed by atoms with Gasteiger partial charge in [0.25, 0.3) is 0 Å². The van der Waals surface area contributed by atoms with E-state index < -0.39 is 0 Å². The van der Waals surface area contributed by atoms with E-state index in [0.29, 0.717) is 18.1 Å². The summed E-state index contributed by atoms with van der Waals surface area (Å²) < 4.78 is 0. The molecule has 1 saturated heterocycles. The number of likely N-dealkylation sites (tertiary alicyclic amines) is 1. The Balaban J connectivity index is 1.38. The fourth-order valence-electron chi connectivity index (χ4n) is 3.72. The molecule has 1 aliphatic rings. The summed E-state index contributed by atoms with van der Waals surface area (Å²) in [6.07, 6.45) is 2.94. The van der Waals surface area contributed by atoms with Crippen molar-refractivity contribution in [3.8, 4) is 0 Å². The second kappa shape index (κ2) is 7.68. The Morgan fingerprint density at radius 1 is 1.29 bits per heavy atom. The van der Waals surface area contributed by atoms with E-state index in [0.717, 1.165) is 34.1 Å². The Morgan fingerprint density at radius 3 is 2.93 bits per heavy atom. The molecule has 2 amide bonds. The first kappa shape index (κ1) is 18.6. The number of aryl methyl sites for hydroxylation is 1. The summed E-state index contributed by atoms with van der Waals surface area (Å²) in [5.41, 5.74) is 3.96. The lowest BCUT2D eigenvalue weighted by molar-refractivity contribution is -0.128. The van der Waals surface area contributed by atoms with Crippen molar-refractivity contribution >= 4 is 40.0 Å². The van der Waals surface area contributed by atoms with Crippen LogP contribution in [0.2, 0.25) is 5.02 Å². The van der Waals surface area contributed by atoms with Crippen LogP contribution < -0.4 is 5.32 Å². The molecule has 2 aromatic carbocycles. The Kier molecular flexibility index (Phi) is 5.09. The van der Waals surface area contributed by atoms with Crippen LogP contribution in [0.1, 0.15) is 17.5 Å². The smallest absolute Gasteiger partial charge is 0.229 e. The van der Waals surface area contributed by atoms with E-state index in [4.69, 9.17) is 11.6 Å². The van der Waals surface area contributed by atoms with Gasteiger partial charge in [-0.25, -0.2) is 0 Å². The number of benzene rings is 2. The highest BCUT2D eigenvalue weighted by atomic mass is 35.5.